The SMILES string of the molecule is Nc1ncnc2c1N=C(c1ccc(Cl)c(Cl)c1)CO2. The van der Waals surface area contributed by atoms with Gasteiger partial charge in [0.15, 0.2) is 11.5 Å². The number of rotatable bonds is 1. The molecular formula is C12H8Cl2N4O. The number of nitrogen functional groups attached to an aromatic ring is 1. The molecule has 7 heteroatoms. The first-order valence-electron chi connectivity index (χ1n) is 5.41. The topological polar surface area (TPSA) is 73.4 Å². The molecule has 0 saturated heterocycles. The normalized spacial score (nSPS) is 13.5. The van der Waals surface area contributed by atoms with Gasteiger partial charge in [-0.2, -0.15) is 4.98 Å². The minimum absolute atomic E-state index is 0.280. The van der Waals surface area contributed by atoms with E-state index in [0.717, 1.165) is 5.56 Å². The van der Waals surface area contributed by atoms with Crippen LogP contribution in [0.1, 0.15) is 5.56 Å². The fourth-order valence-electron chi connectivity index (χ4n) is 1.71. The molecule has 0 bridgehead atoms. The Morgan fingerprint density at radius 2 is 2.00 bits per heavy atom. The molecule has 0 atom stereocenters. The van der Waals surface area contributed by atoms with E-state index >= 15 is 0 Å². The van der Waals surface area contributed by atoms with E-state index < -0.39 is 0 Å². The highest BCUT2D eigenvalue weighted by molar-refractivity contribution is 6.42. The predicted molar refractivity (Wildman–Crippen MR) is 74.6 cm³/mol. The number of fused-ring (bicyclic) bond motifs is 1. The van der Waals surface area contributed by atoms with Crippen molar-refractivity contribution in [2.75, 3.05) is 12.3 Å². The lowest BCUT2D eigenvalue weighted by Gasteiger charge is -2.16. The molecule has 1 aromatic heterocycles. The van der Waals surface area contributed by atoms with Crippen LogP contribution in [0.5, 0.6) is 5.88 Å². The van der Waals surface area contributed by atoms with Crippen molar-refractivity contribution < 1.29 is 4.74 Å². The zero-order valence-corrected chi connectivity index (χ0v) is 11.1. The fourth-order valence-corrected chi connectivity index (χ4v) is 2.01. The van der Waals surface area contributed by atoms with Crippen LogP contribution in [-0.2, 0) is 0 Å². The number of hydrogen-bond acceptors (Lipinski definition) is 5. The van der Waals surface area contributed by atoms with Crippen molar-refractivity contribution in [2.45, 2.75) is 0 Å². The van der Waals surface area contributed by atoms with Crippen LogP contribution in [0.3, 0.4) is 0 Å². The number of anilines is 1. The van der Waals surface area contributed by atoms with Crippen LogP contribution in [-0.4, -0.2) is 22.3 Å². The maximum Gasteiger partial charge on any atom is 0.245 e. The molecule has 0 unspecified atom stereocenters. The van der Waals surface area contributed by atoms with E-state index in [2.05, 4.69) is 15.0 Å². The van der Waals surface area contributed by atoms with Gasteiger partial charge in [-0.15, -0.1) is 0 Å². The standard InChI is InChI=1S/C12H8Cl2N4O/c13-7-2-1-6(3-8(7)14)9-4-19-12-10(18-9)11(15)16-5-17-12/h1-3,5H,4H2,(H2,15,16,17). The van der Waals surface area contributed by atoms with Gasteiger partial charge in [0.25, 0.3) is 0 Å². The predicted octanol–water partition coefficient (Wildman–Crippen LogP) is 2.88. The zero-order chi connectivity index (χ0) is 13.4. The van der Waals surface area contributed by atoms with Gasteiger partial charge >= 0.3 is 0 Å². The molecule has 0 amide bonds. The summed E-state index contributed by atoms with van der Waals surface area (Å²) in [4.78, 5) is 12.3. The van der Waals surface area contributed by atoms with Gasteiger partial charge < -0.3 is 10.5 Å². The van der Waals surface area contributed by atoms with E-state index in [1.807, 2.05) is 6.07 Å². The van der Waals surface area contributed by atoms with Crippen molar-refractivity contribution in [3.63, 3.8) is 0 Å². The quantitative estimate of drug-likeness (QED) is 0.878. The summed E-state index contributed by atoms with van der Waals surface area (Å²) in [5, 5.41) is 0.955. The Bertz CT molecular complexity index is 687. The summed E-state index contributed by atoms with van der Waals surface area (Å²) < 4.78 is 5.50. The van der Waals surface area contributed by atoms with Crippen LogP contribution in [0.4, 0.5) is 11.5 Å². The van der Waals surface area contributed by atoms with Crippen LogP contribution in [0.15, 0.2) is 29.5 Å². The molecule has 5 nitrogen and oxygen atoms in total. The lowest BCUT2D eigenvalue weighted by Crippen LogP contribution is -2.17. The van der Waals surface area contributed by atoms with Gasteiger partial charge in [-0.1, -0.05) is 29.3 Å². The third-order valence-corrected chi connectivity index (χ3v) is 3.40. The van der Waals surface area contributed by atoms with E-state index in [4.69, 9.17) is 33.7 Å². The molecule has 2 heterocycles. The minimum atomic E-state index is 0.280. The first-order chi connectivity index (χ1) is 9.15. The smallest absolute Gasteiger partial charge is 0.245 e. The molecule has 1 aromatic carbocycles. The first kappa shape index (κ1) is 12.2. The van der Waals surface area contributed by atoms with Crippen LogP contribution in [0, 0.1) is 0 Å². The third-order valence-electron chi connectivity index (χ3n) is 2.66. The summed E-state index contributed by atoms with van der Waals surface area (Å²) in [6.45, 7) is 0.293. The summed E-state index contributed by atoms with van der Waals surface area (Å²) in [5.41, 5.74) is 7.71. The van der Waals surface area contributed by atoms with Crippen LogP contribution in [0.2, 0.25) is 10.0 Å². The number of aromatic nitrogens is 2. The van der Waals surface area contributed by atoms with E-state index in [1.54, 1.807) is 12.1 Å². The van der Waals surface area contributed by atoms with Gasteiger partial charge in [0, 0.05) is 5.56 Å². The third kappa shape index (κ3) is 2.22. The number of nitrogens with two attached hydrogens (primary N) is 1. The molecule has 1 aliphatic heterocycles. The average molecular weight is 295 g/mol. The summed E-state index contributed by atoms with van der Waals surface area (Å²) in [5.74, 6) is 0.665. The molecule has 0 radical (unpaired) electrons. The second-order valence-corrected chi connectivity index (χ2v) is 4.70. The summed E-state index contributed by atoms with van der Waals surface area (Å²) in [6, 6.07) is 5.26. The molecule has 96 valence electrons. The Morgan fingerprint density at radius 3 is 2.79 bits per heavy atom. The second kappa shape index (κ2) is 4.68. The number of nitrogens with zero attached hydrogens (tertiary/aromatic N) is 3. The van der Waals surface area contributed by atoms with Gasteiger partial charge in [0.05, 0.1) is 15.8 Å². The van der Waals surface area contributed by atoms with E-state index in [1.165, 1.54) is 6.33 Å². The lowest BCUT2D eigenvalue weighted by molar-refractivity contribution is 0.357. The van der Waals surface area contributed by atoms with Gasteiger partial charge in [0.2, 0.25) is 5.88 Å². The minimum Gasteiger partial charge on any atom is -0.469 e. The molecule has 19 heavy (non-hydrogen) atoms. The molecule has 0 spiro atoms. The van der Waals surface area contributed by atoms with E-state index in [0.29, 0.717) is 33.9 Å². The van der Waals surface area contributed by atoms with Gasteiger partial charge in [-0.05, 0) is 12.1 Å². The molecule has 2 N–H and O–H groups in total. The monoisotopic (exact) mass is 294 g/mol. The Balaban J connectivity index is 2.07. The second-order valence-electron chi connectivity index (χ2n) is 3.89. The molecule has 1 aliphatic rings. The van der Waals surface area contributed by atoms with Crippen LogP contribution >= 0.6 is 23.2 Å². The number of hydrogen-bond donors (Lipinski definition) is 1. The first-order valence-corrected chi connectivity index (χ1v) is 6.17. The molecule has 0 aliphatic carbocycles. The van der Waals surface area contributed by atoms with Gasteiger partial charge in [-0.3, -0.25) is 0 Å². The van der Waals surface area contributed by atoms with Crippen molar-refractivity contribution in [3.05, 3.63) is 40.1 Å². The van der Waals surface area contributed by atoms with Gasteiger partial charge in [-0.25, -0.2) is 9.98 Å². The van der Waals surface area contributed by atoms with Crippen molar-refractivity contribution in [3.8, 4) is 5.88 Å². The van der Waals surface area contributed by atoms with E-state index in [-0.39, 0.29) is 5.82 Å². The molecule has 0 fully saturated rings. The maximum atomic E-state index is 5.99. The summed E-state index contributed by atoms with van der Waals surface area (Å²) in [6.07, 6.45) is 1.34. The molecular weight excluding hydrogens is 287 g/mol. The van der Waals surface area contributed by atoms with Crippen molar-refractivity contribution in [1.82, 2.24) is 9.97 Å². The van der Waals surface area contributed by atoms with Crippen LogP contribution in [0.25, 0.3) is 0 Å². The maximum absolute atomic E-state index is 5.99. The van der Waals surface area contributed by atoms with Crippen molar-refractivity contribution in [1.29, 1.82) is 0 Å². The average Bonchev–Trinajstić information content (AvgIpc) is 2.42. The number of benzene rings is 1. The zero-order valence-electron chi connectivity index (χ0n) is 9.60. The Labute approximate surface area is 119 Å². The molecule has 2 aromatic rings. The number of ether oxygens (including phenoxy) is 1. The highest BCUT2D eigenvalue weighted by atomic mass is 35.5. The molecule has 3 rings (SSSR count). The number of halogens is 2. The Kier molecular flexibility index (Phi) is 3.00. The highest BCUT2D eigenvalue weighted by Gasteiger charge is 2.19. The molecule has 0 saturated carbocycles. The largest absolute Gasteiger partial charge is 0.469 e. The highest BCUT2D eigenvalue weighted by Crippen LogP contribution is 2.33. The van der Waals surface area contributed by atoms with Crippen LogP contribution < -0.4 is 10.5 Å². The van der Waals surface area contributed by atoms with Gasteiger partial charge in [0.1, 0.15) is 12.9 Å². The summed E-state index contributed by atoms with van der Waals surface area (Å²) in [7, 11) is 0. The lowest BCUT2D eigenvalue weighted by atomic mass is 10.1. The summed E-state index contributed by atoms with van der Waals surface area (Å²) >= 11 is 11.9. The number of aliphatic imine (C=N–C) groups is 1. The Morgan fingerprint density at radius 1 is 1.16 bits per heavy atom. The Hall–Kier alpha value is -1.85. The fraction of sp³-hybridized carbons (Fsp3) is 0.0833. The van der Waals surface area contributed by atoms with Crippen molar-refractivity contribution >= 4 is 40.4 Å². The van der Waals surface area contributed by atoms with E-state index in [9.17, 15) is 0 Å². The van der Waals surface area contributed by atoms with Crippen molar-refractivity contribution in [2.24, 2.45) is 4.99 Å².